The van der Waals surface area contributed by atoms with Crippen LogP contribution in [-0.2, 0) is 6.42 Å². The molecule has 2 aliphatic rings. The van der Waals surface area contributed by atoms with Crippen LogP contribution in [-0.4, -0.2) is 16.6 Å². The minimum atomic E-state index is 0.732. The van der Waals surface area contributed by atoms with Crippen LogP contribution in [0.25, 0.3) is 0 Å². The van der Waals surface area contributed by atoms with Crippen molar-refractivity contribution in [3.63, 3.8) is 0 Å². The molecule has 1 aromatic heterocycles. The van der Waals surface area contributed by atoms with Gasteiger partial charge >= 0.3 is 0 Å². The fraction of sp³-hybridized carbons (Fsp3) is 0.360. The molecule has 0 N–H and O–H groups in total. The Morgan fingerprint density at radius 1 is 0.759 bits per heavy atom. The van der Waals surface area contributed by atoms with Crippen LogP contribution in [0.4, 0.5) is 23.0 Å². The van der Waals surface area contributed by atoms with E-state index >= 15 is 0 Å². The second kappa shape index (κ2) is 8.24. The van der Waals surface area contributed by atoms with Gasteiger partial charge in [0.25, 0.3) is 0 Å². The molecule has 1 aliphatic heterocycles. The van der Waals surface area contributed by atoms with Crippen molar-refractivity contribution in [2.75, 3.05) is 16.5 Å². The molecule has 1 fully saturated rings. The Morgan fingerprint density at radius 2 is 1.38 bits per heavy atom. The number of fused-ring (bicyclic) bond motifs is 1. The van der Waals surface area contributed by atoms with E-state index in [1.807, 2.05) is 6.20 Å². The minimum absolute atomic E-state index is 0.732. The number of hydrogen-bond acceptors (Lipinski definition) is 4. The second-order valence-corrected chi connectivity index (χ2v) is 8.22. The second-order valence-electron chi connectivity index (χ2n) is 8.22. The molecule has 0 atom stereocenters. The fourth-order valence-corrected chi connectivity index (χ4v) is 4.63. The summed E-state index contributed by atoms with van der Waals surface area (Å²) in [6, 6.07) is 21.0. The summed E-state index contributed by atoms with van der Waals surface area (Å²) in [4.78, 5) is 14.5. The third-order valence-corrected chi connectivity index (χ3v) is 6.25. The van der Waals surface area contributed by atoms with E-state index in [0.29, 0.717) is 0 Å². The van der Waals surface area contributed by atoms with Crippen molar-refractivity contribution in [3.05, 3.63) is 72.6 Å². The van der Waals surface area contributed by atoms with Crippen LogP contribution in [0.15, 0.2) is 66.9 Å². The topological polar surface area (TPSA) is 32.3 Å². The molecule has 0 radical (unpaired) electrons. The van der Waals surface area contributed by atoms with E-state index in [4.69, 9.17) is 9.97 Å². The predicted octanol–water partition coefficient (Wildman–Crippen LogP) is 6.24. The summed E-state index contributed by atoms with van der Waals surface area (Å²) in [5.74, 6) is 2.78. The molecule has 0 amide bonds. The van der Waals surface area contributed by atoms with E-state index in [1.165, 1.54) is 38.5 Å². The first-order valence-electron chi connectivity index (χ1n) is 10.9. The maximum atomic E-state index is 5.09. The van der Waals surface area contributed by atoms with Gasteiger partial charge in [-0.05, 0) is 43.0 Å². The summed E-state index contributed by atoms with van der Waals surface area (Å²) in [5.41, 5.74) is 3.42. The molecule has 29 heavy (non-hydrogen) atoms. The quantitative estimate of drug-likeness (QED) is 0.521. The summed E-state index contributed by atoms with van der Waals surface area (Å²) in [6.07, 6.45) is 11.2. The van der Waals surface area contributed by atoms with Crippen molar-refractivity contribution < 1.29 is 0 Å². The maximum absolute atomic E-state index is 5.09. The van der Waals surface area contributed by atoms with Gasteiger partial charge in [-0.3, -0.25) is 0 Å². The van der Waals surface area contributed by atoms with E-state index in [1.54, 1.807) is 0 Å². The first-order valence-corrected chi connectivity index (χ1v) is 10.9. The van der Waals surface area contributed by atoms with Crippen molar-refractivity contribution in [2.24, 2.45) is 5.92 Å². The van der Waals surface area contributed by atoms with Crippen molar-refractivity contribution in [3.8, 4) is 0 Å². The molecular weight excluding hydrogens is 356 g/mol. The zero-order valence-electron chi connectivity index (χ0n) is 16.9. The molecule has 4 heteroatoms. The summed E-state index contributed by atoms with van der Waals surface area (Å²) >= 11 is 0. The average Bonchev–Trinajstić information content (AvgIpc) is 3.18. The molecule has 5 rings (SSSR count). The van der Waals surface area contributed by atoms with Crippen molar-refractivity contribution in [1.29, 1.82) is 0 Å². The number of aryl methyl sites for hydroxylation is 1. The standard InChI is InChI=1S/C25H28N4/c1-4-10-20(11-5-1)16-17-21-18-26-24-25(27-21)29(23-14-8-3-9-15-23)19-28(24)22-12-6-2-7-13-22/h2-3,6-9,12-15,18,20H,1,4-5,10-11,16-17,19H2. The summed E-state index contributed by atoms with van der Waals surface area (Å²) in [7, 11) is 0. The lowest BCUT2D eigenvalue weighted by Gasteiger charge is -2.21. The third-order valence-electron chi connectivity index (χ3n) is 6.25. The average molecular weight is 385 g/mol. The first kappa shape index (κ1) is 18.2. The lowest BCUT2D eigenvalue weighted by atomic mass is 9.86. The molecule has 4 nitrogen and oxygen atoms in total. The Morgan fingerprint density at radius 3 is 2.03 bits per heavy atom. The van der Waals surface area contributed by atoms with Gasteiger partial charge in [0.05, 0.1) is 11.9 Å². The van der Waals surface area contributed by atoms with E-state index in [-0.39, 0.29) is 0 Å². The van der Waals surface area contributed by atoms with Crippen molar-refractivity contribution in [1.82, 2.24) is 9.97 Å². The number of hydrogen-bond donors (Lipinski definition) is 0. The molecule has 1 aliphatic carbocycles. The van der Waals surface area contributed by atoms with Gasteiger partial charge in [0, 0.05) is 11.4 Å². The Kier molecular flexibility index (Phi) is 5.16. The fourth-order valence-electron chi connectivity index (χ4n) is 4.63. The lowest BCUT2D eigenvalue weighted by Crippen LogP contribution is -2.24. The van der Waals surface area contributed by atoms with Gasteiger partial charge in [0.2, 0.25) is 0 Å². The minimum Gasteiger partial charge on any atom is -0.305 e. The van der Waals surface area contributed by atoms with Gasteiger partial charge in [-0.1, -0.05) is 68.5 Å². The summed E-state index contributed by atoms with van der Waals surface area (Å²) < 4.78 is 0. The van der Waals surface area contributed by atoms with Gasteiger partial charge in [0.1, 0.15) is 6.67 Å². The Bertz CT molecular complexity index is 936. The molecule has 2 aromatic carbocycles. The number of rotatable bonds is 5. The number of anilines is 4. The number of para-hydroxylation sites is 2. The van der Waals surface area contributed by atoms with Crippen LogP contribution in [0.3, 0.4) is 0 Å². The molecule has 3 aromatic rings. The molecule has 0 spiro atoms. The van der Waals surface area contributed by atoms with Gasteiger partial charge < -0.3 is 9.80 Å². The van der Waals surface area contributed by atoms with E-state index < -0.39 is 0 Å². The predicted molar refractivity (Wildman–Crippen MR) is 119 cm³/mol. The molecule has 0 saturated heterocycles. The van der Waals surface area contributed by atoms with Gasteiger partial charge in [-0.2, -0.15) is 0 Å². The van der Waals surface area contributed by atoms with Crippen LogP contribution in [0.1, 0.15) is 44.2 Å². The van der Waals surface area contributed by atoms with Crippen LogP contribution >= 0.6 is 0 Å². The van der Waals surface area contributed by atoms with E-state index in [9.17, 15) is 0 Å². The molecule has 148 valence electrons. The van der Waals surface area contributed by atoms with Gasteiger partial charge in [-0.25, -0.2) is 9.97 Å². The number of benzene rings is 2. The highest BCUT2D eigenvalue weighted by Crippen LogP contribution is 2.41. The Balaban J connectivity index is 1.44. The molecule has 0 unspecified atom stereocenters. The molecule has 1 saturated carbocycles. The van der Waals surface area contributed by atoms with Crippen LogP contribution < -0.4 is 9.80 Å². The maximum Gasteiger partial charge on any atom is 0.178 e. The van der Waals surface area contributed by atoms with Gasteiger partial charge in [0.15, 0.2) is 11.6 Å². The monoisotopic (exact) mass is 384 g/mol. The van der Waals surface area contributed by atoms with Gasteiger partial charge in [-0.15, -0.1) is 0 Å². The third kappa shape index (κ3) is 3.84. The van der Waals surface area contributed by atoms with Crippen molar-refractivity contribution >= 4 is 23.0 Å². The summed E-state index contributed by atoms with van der Waals surface area (Å²) in [6.45, 7) is 0.732. The number of nitrogens with zero attached hydrogens (tertiary/aromatic N) is 4. The molecular formula is C25H28N4. The smallest absolute Gasteiger partial charge is 0.178 e. The SMILES string of the molecule is c1ccc(N2CN(c3ccccc3)c3nc(CCC4CCCCC4)cnc32)cc1. The number of aromatic nitrogens is 2. The normalized spacial score (nSPS) is 16.8. The molecule has 0 bridgehead atoms. The van der Waals surface area contributed by atoms with E-state index in [2.05, 4.69) is 70.5 Å². The highest BCUT2D eigenvalue weighted by Gasteiger charge is 2.31. The zero-order valence-corrected chi connectivity index (χ0v) is 16.9. The first-order chi connectivity index (χ1) is 14.4. The van der Waals surface area contributed by atoms with Crippen molar-refractivity contribution in [2.45, 2.75) is 44.9 Å². The summed E-state index contributed by atoms with van der Waals surface area (Å²) in [5, 5.41) is 0. The largest absolute Gasteiger partial charge is 0.305 e. The van der Waals surface area contributed by atoms with Crippen LogP contribution in [0, 0.1) is 5.92 Å². The Labute approximate surface area is 173 Å². The highest BCUT2D eigenvalue weighted by atomic mass is 15.4. The van der Waals surface area contributed by atoms with Crippen LogP contribution in [0.5, 0.6) is 0 Å². The zero-order chi connectivity index (χ0) is 19.5. The van der Waals surface area contributed by atoms with E-state index in [0.717, 1.165) is 47.7 Å². The lowest BCUT2D eigenvalue weighted by molar-refractivity contribution is 0.338. The molecule has 2 heterocycles. The van der Waals surface area contributed by atoms with Crippen LogP contribution in [0.2, 0.25) is 0 Å². The highest BCUT2D eigenvalue weighted by molar-refractivity contribution is 5.81. The Hall–Kier alpha value is -2.88.